The van der Waals surface area contributed by atoms with Crippen molar-refractivity contribution in [2.75, 3.05) is 42.1 Å². The predicted molar refractivity (Wildman–Crippen MR) is 158 cm³/mol. The number of carbonyl (C=O) groups excluding carboxylic acids is 2. The van der Waals surface area contributed by atoms with E-state index in [2.05, 4.69) is 15.2 Å². The van der Waals surface area contributed by atoms with E-state index in [0.717, 1.165) is 40.1 Å². The molecule has 0 bridgehead atoms. The minimum atomic E-state index is -0.0855. The van der Waals surface area contributed by atoms with Gasteiger partial charge in [0.25, 0.3) is 5.91 Å². The Labute approximate surface area is 239 Å². The van der Waals surface area contributed by atoms with Crippen LogP contribution in [0.25, 0.3) is 11.3 Å². The maximum absolute atomic E-state index is 12.8. The number of anilines is 2. The Kier molecular flexibility index (Phi) is 8.54. The molecule has 0 unspecified atom stereocenters. The molecule has 0 aliphatic carbocycles. The fourth-order valence-electron chi connectivity index (χ4n) is 4.13. The highest BCUT2D eigenvalue weighted by Gasteiger charge is 2.23. The third kappa shape index (κ3) is 6.50. The Balaban J connectivity index is 1.09. The van der Waals surface area contributed by atoms with Gasteiger partial charge in [-0.3, -0.25) is 9.59 Å². The van der Waals surface area contributed by atoms with Crippen molar-refractivity contribution >= 4 is 69.5 Å². The molecule has 0 atom stereocenters. The number of carbonyl (C=O) groups is 2. The summed E-state index contributed by atoms with van der Waals surface area (Å²) in [6, 6.07) is 22.5. The van der Waals surface area contributed by atoms with E-state index in [1.807, 2.05) is 70.9 Å². The third-order valence-electron chi connectivity index (χ3n) is 6.14. The first-order valence-electron chi connectivity index (χ1n) is 12.0. The summed E-state index contributed by atoms with van der Waals surface area (Å²) in [6.07, 6.45) is 0. The van der Waals surface area contributed by atoms with Crippen LogP contribution in [0.2, 0.25) is 10.0 Å². The second-order valence-corrected chi connectivity index (χ2v) is 11.6. The van der Waals surface area contributed by atoms with E-state index in [-0.39, 0.29) is 17.6 Å². The fraction of sp³-hybridized carbons (Fsp3) is 0.179. The highest BCUT2D eigenvalue weighted by molar-refractivity contribution is 8.01. The molecule has 1 aliphatic heterocycles. The van der Waals surface area contributed by atoms with Gasteiger partial charge < -0.3 is 15.1 Å². The Bertz CT molecular complexity index is 1420. The zero-order valence-corrected chi connectivity index (χ0v) is 23.4. The summed E-state index contributed by atoms with van der Waals surface area (Å²) in [5.74, 6) is 0.152. The van der Waals surface area contributed by atoms with E-state index in [1.165, 1.54) is 23.1 Å². The lowest BCUT2D eigenvalue weighted by Gasteiger charge is -2.36. The summed E-state index contributed by atoms with van der Waals surface area (Å²) in [5, 5.41) is 6.10. The van der Waals surface area contributed by atoms with Crippen LogP contribution in [0.4, 0.5) is 11.4 Å². The number of amides is 2. The van der Waals surface area contributed by atoms with Crippen molar-refractivity contribution in [2.45, 2.75) is 4.34 Å². The molecule has 1 saturated heterocycles. The first-order chi connectivity index (χ1) is 18.5. The quantitative estimate of drug-likeness (QED) is 0.242. The average molecular weight is 584 g/mol. The summed E-state index contributed by atoms with van der Waals surface area (Å²) < 4.78 is 0.840. The van der Waals surface area contributed by atoms with Gasteiger partial charge >= 0.3 is 0 Å². The van der Waals surface area contributed by atoms with E-state index in [0.29, 0.717) is 28.7 Å². The number of rotatable bonds is 7. The molecule has 2 amide bonds. The van der Waals surface area contributed by atoms with Gasteiger partial charge in [-0.2, -0.15) is 0 Å². The van der Waals surface area contributed by atoms with Gasteiger partial charge in [-0.15, -0.1) is 11.3 Å². The molecule has 1 aliphatic rings. The number of aromatic nitrogens is 1. The van der Waals surface area contributed by atoms with Gasteiger partial charge in [0.15, 0.2) is 4.34 Å². The molecule has 0 saturated carbocycles. The van der Waals surface area contributed by atoms with Crippen LogP contribution >= 0.6 is 46.3 Å². The second kappa shape index (κ2) is 12.2. The molecule has 0 radical (unpaired) electrons. The molecule has 1 fully saturated rings. The molecular weight excluding hydrogens is 559 g/mol. The van der Waals surface area contributed by atoms with Gasteiger partial charge in [0.1, 0.15) is 0 Å². The van der Waals surface area contributed by atoms with Crippen LogP contribution in [-0.2, 0) is 4.79 Å². The van der Waals surface area contributed by atoms with Gasteiger partial charge in [-0.05, 0) is 48.5 Å². The van der Waals surface area contributed by atoms with Crippen molar-refractivity contribution < 1.29 is 9.59 Å². The minimum absolute atomic E-state index is 0.0369. The van der Waals surface area contributed by atoms with Crippen LogP contribution in [0.5, 0.6) is 0 Å². The highest BCUT2D eigenvalue weighted by atomic mass is 35.5. The predicted octanol–water partition coefficient (Wildman–Crippen LogP) is 6.81. The topological polar surface area (TPSA) is 65.5 Å². The number of thioether (sulfide) groups is 1. The number of nitrogens with one attached hydrogen (secondary N) is 1. The van der Waals surface area contributed by atoms with Gasteiger partial charge in [-0.25, -0.2) is 4.98 Å². The lowest BCUT2D eigenvalue weighted by molar-refractivity contribution is -0.113. The van der Waals surface area contributed by atoms with Crippen LogP contribution in [0.3, 0.4) is 0 Å². The molecule has 10 heteroatoms. The van der Waals surface area contributed by atoms with Crippen molar-refractivity contribution in [1.82, 2.24) is 9.88 Å². The molecule has 0 spiro atoms. The van der Waals surface area contributed by atoms with E-state index < -0.39 is 0 Å². The van der Waals surface area contributed by atoms with Crippen LogP contribution in [0, 0.1) is 0 Å². The molecule has 38 heavy (non-hydrogen) atoms. The summed E-state index contributed by atoms with van der Waals surface area (Å²) >= 11 is 15.1. The Hall–Kier alpha value is -3.04. The van der Waals surface area contributed by atoms with Crippen LogP contribution in [0.15, 0.2) is 82.5 Å². The number of hydrogen-bond acceptors (Lipinski definition) is 6. The van der Waals surface area contributed by atoms with Crippen molar-refractivity contribution in [3.8, 4) is 11.3 Å². The van der Waals surface area contributed by atoms with Gasteiger partial charge in [0.2, 0.25) is 5.91 Å². The Morgan fingerprint density at radius 1 is 0.921 bits per heavy atom. The average Bonchev–Trinajstić information content (AvgIpc) is 3.42. The number of thiazole rings is 1. The molecule has 6 nitrogen and oxygen atoms in total. The normalized spacial score (nSPS) is 13.4. The van der Waals surface area contributed by atoms with Gasteiger partial charge in [0.05, 0.1) is 22.0 Å². The summed E-state index contributed by atoms with van der Waals surface area (Å²) in [6.45, 7) is 2.70. The largest absolute Gasteiger partial charge is 0.368 e. The number of benzene rings is 3. The smallest absolute Gasteiger partial charge is 0.255 e. The summed E-state index contributed by atoms with van der Waals surface area (Å²) in [7, 11) is 0. The van der Waals surface area contributed by atoms with Crippen LogP contribution in [0.1, 0.15) is 10.4 Å². The van der Waals surface area contributed by atoms with E-state index in [4.69, 9.17) is 23.2 Å². The number of piperazine rings is 1. The fourth-order valence-corrected chi connectivity index (χ4v) is 6.11. The lowest BCUT2D eigenvalue weighted by atomic mass is 10.1. The van der Waals surface area contributed by atoms with Crippen molar-refractivity contribution in [3.63, 3.8) is 0 Å². The molecular formula is C28H24Cl2N4O2S2. The van der Waals surface area contributed by atoms with E-state index in [1.54, 1.807) is 12.1 Å². The van der Waals surface area contributed by atoms with Crippen molar-refractivity contribution in [2.24, 2.45) is 0 Å². The Morgan fingerprint density at radius 3 is 2.34 bits per heavy atom. The first-order valence-corrected chi connectivity index (χ1v) is 14.6. The maximum Gasteiger partial charge on any atom is 0.255 e. The molecule has 194 valence electrons. The molecule has 2 heterocycles. The highest BCUT2D eigenvalue weighted by Crippen LogP contribution is 2.29. The van der Waals surface area contributed by atoms with Crippen LogP contribution < -0.4 is 10.2 Å². The zero-order valence-electron chi connectivity index (χ0n) is 20.3. The zero-order chi connectivity index (χ0) is 26.5. The van der Waals surface area contributed by atoms with E-state index >= 15 is 0 Å². The van der Waals surface area contributed by atoms with Crippen molar-refractivity contribution in [1.29, 1.82) is 0 Å². The van der Waals surface area contributed by atoms with Gasteiger partial charge in [-0.1, -0.05) is 59.2 Å². The first kappa shape index (κ1) is 26.6. The molecule has 3 aromatic carbocycles. The lowest BCUT2D eigenvalue weighted by Crippen LogP contribution is -2.48. The summed E-state index contributed by atoms with van der Waals surface area (Å²) in [4.78, 5) is 34.0. The molecule has 4 aromatic rings. The maximum atomic E-state index is 12.8. The van der Waals surface area contributed by atoms with Crippen molar-refractivity contribution in [3.05, 3.63) is 93.8 Å². The van der Waals surface area contributed by atoms with Crippen LogP contribution in [-0.4, -0.2) is 53.6 Å². The molecule has 1 N–H and O–H groups in total. The minimum Gasteiger partial charge on any atom is -0.368 e. The third-order valence-corrected chi connectivity index (χ3v) is 8.74. The number of hydrogen-bond donors (Lipinski definition) is 1. The van der Waals surface area contributed by atoms with E-state index in [9.17, 15) is 9.59 Å². The number of halogens is 2. The second-order valence-electron chi connectivity index (χ2n) is 8.65. The number of nitrogens with zero attached hydrogens (tertiary/aromatic N) is 3. The molecule has 1 aromatic heterocycles. The summed E-state index contributed by atoms with van der Waals surface area (Å²) in [5.41, 5.74) is 4.21. The monoisotopic (exact) mass is 582 g/mol. The Morgan fingerprint density at radius 2 is 1.63 bits per heavy atom. The standard InChI is InChI=1S/C28H24Cl2N4O2S2/c29-20-7-5-19(6-8-20)25-17-37-28(32-25)38-18-26(35)31-21-9-11-22(12-10-21)33-13-15-34(16-14-33)27(36)23-3-1-2-4-24(23)30/h1-12,17H,13-16,18H2,(H,31,35). The molecule has 5 rings (SSSR count). The van der Waals surface area contributed by atoms with Gasteiger partial charge in [0, 0.05) is 53.5 Å². The SMILES string of the molecule is O=C(CSc1nc(-c2ccc(Cl)cc2)cs1)Nc1ccc(N2CCN(C(=O)c3ccccc3Cl)CC2)cc1.